The van der Waals surface area contributed by atoms with E-state index in [1.54, 1.807) is 32.9 Å². The lowest BCUT2D eigenvalue weighted by molar-refractivity contribution is -0.154. The Hall–Kier alpha value is -4.08. The molecule has 11 heteroatoms. The average Bonchev–Trinajstić information content (AvgIpc) is 2.98. The molecule has 0 spiro atoms. The number of esters is 1. The lowest BCUT2D eigenvalue weighted by Crippen LogP contribution is -2.70. The molecule has 0 aliphatic rings. The van der Waals surface area contributed by atoms with Crippen LogP contribution < -0.4 is 19.9 Å². The fourth-order valence-electron chi connectivity index (χ4n) is 4.68. The summed E-state index contributed by atoms with van der Waals surface area (Å²) in [5.74, 6) is -2.86. The van der Waals surface area contributed by atoms with Crippen LogP contribution in [0.3, 0.4) is 0 Å². The molecular formula is C33H37Cl2N3O6. The van der Waals surface area contributed by atoms with Crippen molar-refractivity contribution in [3.63, 3.8) is 0 Å². The van der Waals surface area contributed by atoms with E-state index in [0.29, 0.717) is 5.02 Å². The van der Waals surface area contributed by atoms with Gasteiger partial charge in [-0.15, -0.1) is 0 Å². The van der Waals surface area contributed by atoms with E-state index in [-0.39, 0.29) is 27.7 Å². The molecule has 0 saturated heterocycles. The Morgan fingerprint density at radius 3 is 1.89 bits per heavy atom. The van der Waals surface area contributed by atoms with Crippen LogP contribution in [0.25, 0.3) is 0 Å². The number of nitrogens with zero attached hydrogens (tertiary/aromatic N) is 2. The van der Waals surface area contributed by atoms with Crippen LogP contribution in [0, 0.1) is 5.41 Å². The highest BCUT2D eigenvalue weighted by Crippen LogP contribution is 2.37. The van der Waals surface area contributed by atoms with Gasteiger partial charge in [0.15, 0.2) is 0 Å². The molecule has 0 aliphatic heterocycles. The number of hydrogen-bond acceptors (Lipinski definition) is 7. The van der Waals surface area contributed by atoms with Gasteiger partial charge in [0.1, 0.15) is 5.75 Å². The number of hydrogen-bond donors (Lipinski definition) is 1. The third kappa shape index (κ3) is 7.34. The minimum atomic E-state index is -2.57. The summed E-state index contributed by atoms with van der Waals surface area (Å²) in [4.78, 5) is 57.9. The Morgan fingerprint density at radius 2 is 1.41 bits per heavy atom. The fraction of sp³-hybridized carbons (Fsp3) is 0.333. The maximum Gasteiger partial charge on any atom is 0.337 e. The van der Waals surface area contributed by atoms with E-state index in [1.807, 2.05) is 26.0 Å². The number of ether oxygens (including phenoxy) is 2. The number of carbonyl (C=O) groups excluding carboxylic acids is 4. The first-order valence-electron chi connectivity index (χ1n) is 14.0. The predicted octanol–water partition coefficient (Wildman–Crippen LogP) is 7.01. The quantitative estimate of drug-likeness (QED) is 0.136. The molecule has 0 aliphatic carbocycles. The summed E-state index contributed by atoms with van der Waals surface area (Å²) < 4.78 is 11.1. The molecule has 0 saturated carbocycles. The van der Waals surface area contributed by atoms with Crippen LogP contribution in [0.1, 0.15) is 51.9 Å². The summed E-state index contributed by atoms with van der Waals surface area (Å²) in [6, 6.07) is 17.1. The Balaban J connectivity index is 2.31. The monoisotopic (exact) mass is 641 g/mol. The third-order valence-corrected chi connectivity index (χ3v) is 7.43. The molecule has 1 unspecified atom stereocenters. The number of carbonyl (C=O) groups is 4. The van der Waals surface area contributed by atoms with Crippen molar-refractivity contribution in [1.29, 1.82) is 0 Å². The number of rotatable bonds is 11. The van der Waals surface area contributed by atoms with Crippen molar-refractivity contribution < 1.29 is 28.7 Å². The largest absolute Gasteiger partial charge is 0.465 e. The van der Waals surface area contributed by atoms with Crippen molar-refractivity contribution in [3.8, 4) is 5.75 Å². The zero-order valence-corrected chi connectivity index (χ0v) is 27.4. The van der Waals surface area contributed by atoms with Crippen molar-refractivity contribution in [2.75, 3.05) is 35.3 Å². The number of amides is 2. The second kappa shape index (κ2) is 14.1. The molecule has 0 bridgehead atoms. The minimum Gasteiger partial charge on any atom is -0.465 e. The van der Waals surface area contributed by atoms with E-state index in [9.17, 15) is 19.2 Å². The molecule has 0 aromatic heterocycles. The lowest BCUT2D eigenvalue weighted by Gasteiger charge is -2.43. The van der Waals surface area contributed by atoms with Gasteiger partial charge < -0.3 is 19.7 Å². The molecule has 3 aromatic carbocycles. The number of ketones is 1. The van der Waals surface area contributed by atoms with Gasteiger partial charge in [0, 0.05) is 41.8 Å². The maximum absolute atomic E-state index is 14.6. The summed E-state index contributed by atoms with van der Waals surface area (Å²) in [6.45, 7) is 11.7. The molecule has 0 heterocycles. The zero-order chi connectivity index (χ0) is 32.8. The van der Waals surface area contributed by atoms with Gasteiger partial charge in [0.05, 0.1) is 23.4 Å². The Morgan fingerprint density at radius 1 is 0.841 bits per heavy atom. The molecule has 2 amide bonds. The highest BCUT2D eigenvalue weighted by Gasteiger charge is 2.59. The number of benzene rings is 3. The van der Waals surface area contributed by atoms with Crippen LogP contribution in [-0.2, 0) is 19.1 Å². The molecule has 1 atom stereocenters. The standard InChI is InChI=1S/C33H37Cl2N3O6/c1-8-37(9-2)24-13-15-25(16-14-24)38(21(3)39)33(30(41)32(4,5)6,31(42)36-28-19-12-23(34)20-27(28)35)44-26-17-10-22(11-18-26)29(40)43-7/h10-20H,8-9H2,1-7H3,(H,36,42). The Bertz CT molecular complexity index is 1520. The molecule has 0 radical (unpaired) electrons. The first-order chi connectivity index (χ1) is 20.7. The van der Waals surface area contributed by atoms with Crippen LogP contribution in [0.15, 0.2) is 66.7 Å². The molecule has 234 valence electrons. The van der Waals surface area contributed by atoms with Crippen molar-refractivity contribution >= 4 is 63.8 Å². The molecule has 0 fully saturated rings. The van der Waals surface area contributed by atoms with Gasteiger partial charge in [-0.3, -0.25) is 19.3 Å². The Kier molecular flexibility index (Phi) is 11.1. The van der Waals surface area contributed by atoms with E-state index in [2.05, 4.69) is 10.2 Å². The molecule has 3 rings (SSSR count). The van der Waals surface area contributed by atoms with Gasteiger partial charge >= 0.3 is 11.7 Å². The zero-order valence-electron chi connectivity index (χ0n) is 25.9. The predicted molar refractivity (Wildman–Crippen MR) is 174 cm³/mol. The Labute approximate surface area is 268 Å². The minimum absolute atomic E-state index is 0.0404. The molecule has 9 nitrogen and oxygen atoms in total. The molecule has 1 N–H and O–H groups in total. The fourth-order valence-corrected chi connectivity index (χ4v) is 5.14. The van der Waals surface area contributed by atoms with Gasteiger partial charge in [0.2, 0.25) is 11.7 Å². The number of methoxy groups -OCH3 is 1. The summed E-state index contributed by atoms with van der Waals surface area (Å²) in [5, 5.41) is 3.14. The maximum atomic E-state index is 14.6. The third-order valence-electron chi connectivity index (χ3n) is 6.88. The van der Waals surface area contributed by atoms with E-state index in [1.165, 1.54) is 56.5 Å². The molecule has 3 aromatic rings. The second-order valence-corrected chi connectivity index (χ2v) is 11.8. The SMILES string of the molecule is CCN(CC)c1ccc(N(C(C)=O)C(Oc2ccc(C(=O)OC)cc2)(C(=O)Nc2ccc(Cl)cc2Cl)C(=O)C(C)(C)C)cc1. The van der Waals surface area contributed by atoms with Gasteiger partial charge in [-0.25, -0.2) is 4.79 Å². The summed E-state index contributed by atoms with van der Waals surface area (Å²) in [7, 11) is 1.25. The van der Waals surface area contributed by atoms with E-state index in [4.69, 9.17) is 32.7 Å². The van der Waals surface area contributed by atoms with Crippen LogP contribution in [0.4, 0.5) is 17.1 Å². The van der Waals surface area contributed by atoms with E-state index >= 15 is 0 Å². The van der Waals surface area contributed by atoms with Gasteiger partial charge in [-0.1, -0.05) is 44.0 Å². The normalized spacial score (nSPS) is 12.5. The number of Topliss-reactive ketones (excluding diaryl/α,β-unsaturated/α-hetero) is 1. The van der Waals surface area contributed by atoms with Crippen LogP contribution in [0.2, 0.25) is 10.0 Å². The number of halogens is 2. The number of nitrogens with one attached hydrogen (secondary N) is 1. The molecule has 44 heavy (non-hydrogen) atoms. The second-order valence-electron chi connectivity index (χ2n) is 11.0. The van der Waals surface area contributed by atoms with Crippen LogP contribution >= 0.6 is 23.2 Å². The summed E-state index contributed by atoms with van der Waals surface area (Å²) in [6.07, 6.45) is 0. The van der Waals surface area contributed by atoms with Crippen molar-refractivity contribution in [1.82, 2.24) is 0 Å². The van der Waals surface area contributed by atoms with Crippen molar-refractivity contribution in [2.24, 2.45) is 5.41 Å². The first-order valence-corrected chi connectivity index (χ1v) is 14.8. The van der Waals surface area contributed by atoms with Crippen molar-refractivity contribution in [2.45, 2.75) is 47.3 Å². The van der Waals surface area contributed by atoms with Crippen LogP contribution in [0.5, 0.6) is 5.75 Å². The van der Waals surface area contributed by atoms with Gasteiger partial charge in [0.25, 0.3) is 5.91 Å². The summed E-state index contributed by atoms with van der Waals surface area (Å²) >= 11 is 12.5. The number of anilines is 3. The van der Waals surface area contributed by atoms with E-state index in [0.717, 1.165) is 23.7 Å². The summed E-state index contributed by atoms with van der Waals surface area (Å²) in [5.41, 5.74) is -2.25. The van der Waals surface area contributed by atoms with Crippen molar-refractivity contribution in [3.05, 3.63) is 82.3 Å². The van der Waals surface area contributed by atoms with Gasteiger partial charge in [-0.05, 0) is 80.6 Å². The highest BCUT2D eigenvalue weighted by atomic mass is 35.5. The van der Waals surface area contributed by atoms with Crippen LogP contribution in [-0.4, -0.2) is 49.5 Å². The lowest BCUT2D eigenvalue weighted by atomic mass is 9.82. The average molecular weight is 643 g/mol. The van der Waals surface area contributed by atoms with E-state index < -0.39 is 34.7 Å². The first kappa shape index (κ1) is 34.4. The van der Waals surface area contributed by atoms with Gasteiger partial charge in [-0.2, -0.15) is 0 Å². The topological polar surface area (TPSA) is 105 Å². The highest BCUT2D eigenvalue weighted by molar-refractivity contribution is 6.37. The smallest absolute Gasteiger partial charge is 0.337 e. The molecular weight excluding hydrogens is 605 g/mol.